The number of benzene rings is 1. The van der Waals surface area contributed by atoms with Crippen LogP contribution in [0.15, 0.2) is 29.2 Å². The highest BCUT2D eigenvalue weighted by atomic mass is 32.2. The third-order valence-corrected chi connectivity index (χ3v) is 4.40. The number of para-hydroxylation sites is 1. The molecule has 0 aromatic heterocycles. The fourth-order valence-corrected chi connectivity index (χ4v) is 2.62. The molecule has 17 heavy (non-hydrogen) atoms. The molecule has 0 heterocycles. The second-order valence-electron chi connectivity index (χ2n) is 4.17. The molecule has 0 bridgehead atoms. The normalized spacial score (nSPS) is 12.3. The van der Waals surface area contributed by atoms with E-state index in [2.05, 4.69) is 0 Å². The van der Waals surface area contributed by atoms with Gasteiger partial charge in [-0.15, -0.1) is 0 Å². The number of sulfonamides is 1. The van der Waals surface area contributed by atoms with Crippen molar-refractivity contribution in [1.82, 2.24) is 9.21 Å². The molecule has 2 N–H and O–H groups in total. The second kappa shape index (κ2) is 5.48. The molecule has 0 saturated heterocycles. The molecule has 6 heteroatoms. The van der Waals surface area contributed by atoms with Gasteiger partial charge in [-0.05, 0) is 26.2 Å². The van der Waals surface area contributed by atoms with E-state index < -0.39 is 10.0 Å². The van der Waals surface area contributed by atoms with Crippen LogP contribution in [-0.2, 0) is 10.0 Å². The molecule has 0 atom stereocenters. The molecule has 5 nitrogen and oxygen atoms in total. The number of nitrogens with zero attached hydrogens (tertiary/aromatic N) is 2. The lowest BCUT2D eigenvalue weighted by molar-refractivity contribution is 0.358. The van der Waals surface area contributed by atoms with Gasteiger partial charge in [-0.3, -0.25) is 0 Å². The van der Waals surface area contributed by atoms with E-state index in [0.29, 0.717) is 13.1 Å². The van der Waals surface area contributed by atoms with Crippen LogP contribution >= 0.6 is 0 Å². The molecule has 0 saturated carbocycles. The highest BCUT2D eigenvalue weighted by Gasteiger charge is 2.22. The maximum Gasteiger partial charge on any atom is 0.244 e. The van der Waals surface area contributed by atoms with Crippen LogP contribution in [0.3, 0.4) is 0 Å². The summed E-state index contributed by atoms with van der Waals surface area (Å²) in [7, 11) is 1.88. The minimum absolute atomic E-state index is 0.168. The first-order valence-electron chi connectivity index (χ1n) is 5.31. The average Bonchev–Trinajstić information content (AvgIpc) is 2.26. The molecule has 0 unspecified atom stereocenters. The number of hydrogen-bond acceptors (Lipinski definition) is 4. The minimum Gasteiger partial charge on any atom is -0.398 e. The van der Waals surface area contributed by atoms with E-state index in [0.717, 1.165) is 0 Å². The number of hydrogen-bond donors (Lipinski definition) is 1. The molecule has 1 aromatic carbocycles. The van der Waals surface area contributed by atoms with Gasteiger partial charge >= 0.3 is 0 Å². The van der Waals surface area contributed by atoms with E-state index in [9.17, 15) is 8.42 Å². The Hall–Kier alpha value is -1.11. The fourth-order valence-electron chi connectivity index (χ4n) is 1.34. The zero-order chi connectivity index (χ0) is 13.1. The summed E-state index contributed by atoms with van der Waals surface area (Å²) in [6, 6.07) is 6.50. The Bertz CT molecular complexity index is 471. The SMILES string of the molecule is CN(C)CCN(C)S(=O)(=O)c1ccccc1N. The van der Waals surface area contributed by atoms with Crippen molar-refractivity contribution in [3.63, 3.8) is 0 Å². The fraction of sp³-hybridized carbons (Fsp3) is 0.455. The van der Waals surface area contributed by atoms with Gasteiger partial charge in [-0.1, -0.05) is 12.1 Å². The van der Waals surface area contributed by atoms with Crippen LogP contribution in [0.2, 0.25) is 0 Å². The third-order valence-electron chi connectivity index (χ3n) is 2.47. The van der Waals surface area contributed by atoms with Crippen LogP contribution in [0.1, 0.15) is 0 Å². The predicted molar refractivity (Wildman–Crippen MR) is 69.2 cm³/mol. The average molecular weight is 257 g/mol. The Kier molecular flexibility index (Phi) is 4.50. The summed E-state index contributed by atoms with van der Waals surface area (Å²) in [4.78, 5) is 2.10. The highest BCUT2D eigenvalue weighted by Crippen LogP contribution is 2.20. The monoisotopic (exact) mass is 257 g/mol. The molecule has 1 rings (SSSR count). The van der Waals surface area contributed by atoms with Gasteiger partial charge in [-0.2, -0.15) is 4.31 Å². The van der Waals surface area contributed by atoms with E-state index in [1.54, 1.807) is 25.2 Å². The smallest absolute Gasteiger partial charge is 0.244 e. The molecule has 0 radical (unpaired) electrons. The second-order valence-corrected chi connectivity index (χ2v) is 6.18. The summed E-state index contributed by atoms with van der Waals surface area (Å²) in [6.45, 7) is 1.10. The summed E-state index contributed by atoms with van der Waals surface area (Å²) >= 11 is 0. The molecule has 0 amide bonds. The van der Waals surface area contributed by atoms with Gasteiger partial charge in [-0.25, -0.2) is 8.42 Å². The van der Waals surface area contributed by atoms with Crippen molar-refractivity contribution >= 4 is 15.7 Å². The topological polar surface area (TPSA) is 66.6 Å². The number of nitrogen functional groups attached to an aromatic ring is 1. The van der Waals surface area contributed by atoms with Gasteiger partial charge < -0.3 is 10.6 Å². The summed E-state index contributed by atoms with van der Waals surface area (Å²) < 4.78 is 25.7. The van der Waals surface area contributed by atoms with Crippen LogP contribution in [0.4, 0.5) is 5.69 Å². The lowest BCUT2D eigenvalue weighted by atomic mass is 10.3. The lowest BCUT2D eigenvalue weighted by Gasteiger charge is -2.20. The van der Waals surface area contributed by atoms with Gasteiger partial charge in [0.1, 0.15) is 4.90 Å². The first-order valence-corrected chi connectivity index (χ1v) is 6.75. The Morgan fingerprint density at radius 1 is 1.12 bits per heavy atom. The van der Waals surface area contributed by atoms with Gasteiger partial charge in [0.25, 0.3) is 0 Å². The Morgan fingerprint density at radius 2 is 1.71 bits per heavy atom. The van der Waals surface area contributed by atoms with Crippen LogP contribution in [0.5, 0.6) is 0 Å². The molecular weight excluding hydrogens is 238 g/mol. The van der Waals surface area contributed by atoms with E-state index in [1.807, 2.05) is 19.0 Å². The summed E-state index contributed by atoms with van der Waals surface area (Å²) in [5, 5.41) is 0. The van der Waals surface area contributed by atoms with E-state index in [1.165, 1.54) is 10.4 Å². The van der Waals surface area contributed by atoms with Gasteiger partial charge in [0, 0.05) is 20.1 Å². The van der Waals surface area contributed by atoms with Gasteiger partial charge in [0.05, 0.1) is 5.69 Å². The maximum atomic E-state index is 12.2. The largest absolute Gasteiger partial charge is 0.398 e. The molecular formula is C11H19N3O2S. The summed E-state index contributed by atoms with van der Waals surface area (Å²) in [5.41, 5.74) is 5.97. The van der Waals surface area contributed by atoms with Gasteiger partial charge in [0.2, 0.25) is 10.0 Å². The molecule has 0 spiro atoms. The van der Waals surface area contributed by atoms with Crippen LogP contribution in [0, 0.1) is 0 Å². The van der Waals surface area contributed by atoms with Crippen molar-refractivity contribution in [3.05, 3.63) is 24.3 Å². The Labute approximate surface area is 103 Å². The highest BCUT2D eigenvalue weighted by molar-refractivity contribution is 7.89. The van der Waals surface area contributed by atoms with Crippen molar-refractivity contribution in [1.29, 1.82) is 0 Å². The van der Waals surface area contributed by atoms with E-state index in [4.69, 9.17) is 5.73 Å². The van der Waals surface area contributed by atoms with Crippen molar-refractivity contribution in [2.45, 2.75) is 4.90 Å². The number of anilines is 1. The standard InChI is InChI=1S/C11H19N3O2S/c1-13(2)8-9-14(3)17(15,16)11-7-5-4-6-10(11)12/h4-7H,8-9,12H2,1-3H3. The minimum atomic E-state index is -3.48. The number of nitrogens with two attached hydrogens (primary N) is 1. The summed E-state index contributed by atoms with van der Waals surface area (Å²) in [5.74, 6) is 0. The first kappa shape index (κ1) is 14.0. The van der Waals surface area contributed by atoms with E-state index >= 15 is 0 Å². The molecule has 0 fully saturated rings. The molecule has 0 aliphatic carbocycles. The molecule has 0 aliphatic rings. The zero-order valence-corrected chi connectivity index (χ0v) is 11.2. The number of likely N-dealkylation sites (N-methyl/N-ethyl adjacent to an activating group) is 2. The van der Waals surface area contributed by atoms with Crippen molar-refractivity contribution in [2.24, 2.45) is 0 Å². The number of rotatable bonds is 5. The van der Waals surface area contributed by atoms with Crippen molar-refractivity contribution in [2.75, 3.05) is 40.0 Å². The van der Waals surface area contributed by atoms with Crippen molar-refractivity contribution in [3.8, 4) is 0 Å². The molecule has 0 aliphatic heterocycles. The maximum absolute atomic E-state index is 12.2. The van der Waals surface area contributed by atoms with Crippen LogP contribution < -0.4 is 5.73 Å². The predicted octanol–water partition coefficient (Wildman–Crippen LogP) is 0.451. The Morgan fingerprint density at radius 3 is 2.24 bits per heavy atom. The van der Waals surface area contributed by atoms with Crippen LogP contribution in [0.25, 0.3) is 0 Å². The zero-order valence-electron chi connectivity index (χ0n) is 10.4. The van der Waals surface area contributed by atoms with E-state index in [-0.39, 0.29) is 10.6 Å². The van der Waals surface area contributed by atoms with Crippen molar-refractivity contribution < 1.29 is 8.42 Å². The Balaban J connectivity index is 2.92. The molecule has 96 valence electrons. The van der Waals surface area contributed by atoms with Gasteiger partial charge in [0.15, 0.2) is 0 Å². The van der Waals surface area contributed by atoms with Crippen LogP contribution in [-0.4, -0.2) is 51.9 Å². The lowest BCUT2D eigenvalue weighted by Crippen LogP contribution is -2.33. The summed E-state index contributed by atoms with van der Waals surface area (Å²) in [6.07, 6.45) is 0. The first-order chi connectivity index (χ1) is 7.85. The third kappa shape index (κ3) is 3.42. The molecule has 1 aromatic rings. The quantitative estimate of drug-likeness (QED) is 0.778.